The van der Waals surface area contributed by atoms with Crippen molar-refractivity contribution in [1.29, 1.82) is 5.26 Å². The molecule has 0 atom stereocenters. The Morgan fingerprint density at radius 3 is 1.67 bits per heavy atom. The third kappa shape index (κ3) is 5.62. The molecule has 2 aromatic heterocycles. The zero-order chi connectivity index (χ0) is 15.9. The minimum absolute atomic E-state index is 0. The van der Waals surface area contributed by atoms with E-state index >= 15 is 0 Å². The van der Waals surface area contributed by atoms with Crippen molar-refractivity contribution in [2.45, 2.75) is 13.1 Å². The Morgan fingerprint density at radius 1 is 0.917 bits per heavy atom. The number of hydrogen-bond acceptors (Lipinski definition) is 1. The van der Waals surface area contributed by atoms with Crippen LogP contribution in [0.2, 0.25) is 0 Å². The summed E-state index contributed by atoms with van der Waals surface area (Å²) in [5, 5.41) is 7.32. The van der Waals surface area contributed by atoms with Crippen molar-refractivity contribution in [3.05, 3.63) is 73.3 Å². The smallest absolute Gasteiger partial charge is 0.268 e. The van der Waals surface area contributed by atoms with Gasteiger partial charge in [-0.3, -0.25) is 0 Å². The maximum Gasteiger partial charge on any atom is 0.268 e. The van der Waals surface area contributed by atoms with Crippen molar-refractivity contribution in [3.8, 4) is 6.07 Å². The normalized spacial score (nSPS) is 9.12. The SMILES string of the molecule is CC#N.C[n+]1ccn(C(c2ccccc2)n2cc[n+](C)c2)c1.[Br-].[Br-]. The summed E-state index contributed by atoms with van der Waals surface area (Å²) < 4.78 is 8.52. The Kier molecular flexibility index (Phi) is 9.93. The number of benzene rings is 1. The quantitative estimate of drug-likeness (QED) is 0.368. The van der Waals surface area contributed by atoms with Crippen LogP contribution in [0.5, 0.6) is 0 Å². The number of aryl methyl sites for hydroxylation is 2. The molecule has 0 radical (unpaired) electrons. The van der Waals surface area contributed by atoms with E-state index in [9.17, 15) is 0 Å². The maximum absolute atomic E-state index is 7.32. The monoisotopic (exact) mass is 453 g/mol. The van der Waals surface area contributed by atoms with Crippen LogP contribution in [-0.4, -0.2) is 9.13 Å². The fraction of sp³-hybridized carbons (Fsp3) is 0.235. The highest BCUT2D eigenvalue weighted by Crippen LogP contribution is 2.19. The molecular formula is C17H21Br2N5. The molecule has 0 N–H and O–H groups in total. The molecule has 2 heterocycles. The summed E-state index contributed by atoms with van der Waals surface area (Å²) in [6.07, 6.45) is 12.6. The second kappa shape index (κ2) is 10.8. The summed E-state index contributed by atoms with van der Waals surface area (Å²) >= 11 is 0. The molecule has 0 spiro atoms. The Bertz CT molecular complexity index is 718. The van der Waals surface area contributed by atoms with Crippen LogP contribution in [0, 0.1) is 11.3 Å². The Balaban J connectivity index is 0.000000988. The van der Waals surface area contributed by atoms with Gasteiger partial charge in [0.25, 0.3) is 6.17 Å². The molecule has 0 aliphatic rings. The van der Waals surface area contributed by atoms with E-state index in [0.717, 1.165) is 0 Å². The van der Waals surface area contributed by atoms with Crippen molar-refractivity contribution in [3.63, 3.8) is 0 Å². The van der Waals surface area contributed by atoms with Gasteiger partial charge < -0.3 is 34.0 Å². The molecule has 1 aromatic carbocycles. The van der Waals surface area contributed by atoms with Gasteiger partial charge in [0.2, 0.25) is 12.7 Å². The predicted molar refractivity (Wildman–Crippen MR) is 82.5 cm³/mol. The Morgan fingerprint density at radius 2 is 1.33 bits per heavy atom. The molecule has 3 rings (SSSR count). The molecule has 0 saturated heterocycles. The van der Waals surface area contributed by atoms with Gasteiger partial charge in [-0.2, -0.15) is 14.4 Å². The first kappa shape index (κ1) is 22.1. The summed E-state index contributed by atoms with van der Waals surface area (Å²) in [6.45, 7) is 1.43. The molecule has 0 saturated carbocycles. The lowest BCUT2D eigenvalue weighted by molar-refractivity contribution is -0.672. The highest BCUT2D eigenvalue weighted by molar-refractivity contribution is 5.20. The lowest BCUT2D eigenvalue weighted by Crippen LogP contribution is -3.00. The molecular weight excluding hydrogens is 434 g/mol. The molecule has 0 amide bonds. The first-order valence-electron chi connectivity index (χ1n) is 7.07. The van der Waals surface area contributed by atoms with Crippen LogP contribution in [-0.2, 0) is 14.1 Å². The van der Waals surface area contributed by atoms with Crippen LogP contribution in [0.4, 0.5) is 0 Å². The van der Waals surface area contributed by atoms with Crippen molar-refractivity contribution < 1.29 is 43.1 Å². The summed E-state index contributed by atoms with van der Waals surface area (Å²) in [7, 11) is 4.07. The van der Waals surface area contributed by atoms with Crippen LogP contribution in [0.15, 0.2) is 67.8 Å². The van der Waals surface area contributed by atoms with Crippen molar-refractivity contribution in [1.82, 2.24) is 9.13 Å². The van der Waals surface area contributed by atoms with E-state index in [1.54, 1.807) is 6.07 Å². The zero-order valence-electron chi connectivity index (χ0n) is 13.9. The first-order chi connectivity index (χ1) is 10.7. The minimum atomic E-state index is 0. The molecule has 0 aliphatic carbocycles. The molecule has 0 bridgehead atoms. The molecule has 7 heteroatoms. The molecule has 5 nitrogen and oxygen atoms in total. The molecule has 0 unspecified atom stereocenters. The maximum atomic E-state index is 7.32. The molecule has 0 aliphatic heterocycles. The molecule has 128 valence electrons. The second-order valence-corrected chi connectivity index (χ2v) is 5.06. The summed E-state index contributed by atoms with van der Waals surface area (Å²) in [5.41, 5.74) is 1.26. The predicted octanol–water partition coefficient (Wildman–Crippen LogP) is -4.43. The molecule has 0 fully saturated rings. The Labute approximate surface area is 163 Å². The van der Waals surface area contributed by atoms with Gasteiger partial charge >= 0.3 is 0 Å². The number of hydrogen-bond donors (Lipinski definition) is 0. The standard InChI is InChI=1S/C15H18N4.C2H3N.2BrH/c1-16-8-10-18(12-16)15(14-6-4-3-5-7-14)19-11-9-17(2)13-19;1-2-3;;/h3-13,15H,1-2H3;1H3;2*1H/q+2;;;/p-2. The van der Waals surface area contributed by atoms with Gasteiger partial charge in [-0.1, -0.05) is 30.3 Å². The van der Waals surface area contributed by atoms with E-state index in [-0.39, 0.29) is 40.1 Å². The van der Waals surface area contributed by atoms with Gasteiger partial charge in [0, 0.05) is 12.5 Å². The lowest BCUT2D eigenvalue weighted by Gasteiger charge is -2.10. The van der Waals surface area contributed by atoms with Gasteiger partial charge in [-0.15, -0.1) is 0 Å². The van der Waals surface area contributed by atoms with Crippen LogP contribution < -0.4 is 43.1 Å². The lowest BCUT2D eigenvalue weighted by atomic mass is 10.1. The largest absolute Gasteiger partial charge is 1.00 e. The van der Waals surface area contributed by atoms with E-state index in [4.69, 9.17) is 5.26 Å². The number of halogens is 2. The van der Waals surface area contributed by atoms with Gasteiger partial charge in [-0.05, 0) is 0 Å². The first-order valence-corrected chi connectivity index (χ1v) is 7.07. The van der Waals surface area contributed by atoms with Crippen LogP contribution in [0.25, 0.3) is 0 Å². The van der Waals surface area contributed by atoms with E-state index in [1.165, 1.54) is 12.5 Å². The molecule has 24 heavy (non-hydrogen) atoms. The van der Waals surface area contributed by atoms with Gasteiger partial charge in [-0.25, -0.2) is 9.13 Å². The third-order valence-electron chi connectivity index (χ3n) is 3.24. The number of imidazole rings is 2. The average Bonchev–Trinajstić information content (AvgIpc) is 3.11. The molecule has 3 aromatic rings. The van der Waals surface area contributed by atoms with E-state index in [2.05, 4.69) is 80.0 Å². The van der Waals surface area contributed by atoms with Gasteiger partial charge in [0.1, 0.15) is 24.8 Å². The van der Waals surface area contributed by atoms with Crippen molar-refractivity contribution >= 4 is 0 Å². The number of aromatic nitrogens is 4. The van der Waals surface area contributed by atoms with Crippen molar-refractivity contribution in [2.75, 3.05) is 0 Å². The van der Waals surface area contributed by atoms with E-state index < -0.39 is 0 Å². The summed E-state index contributed by atoms with van der Waals surface area (Å²) in [5.74, 6) is 0. The topological polar surface area (TPSA) is 41.4 Å². The van der Waals surface area contributed by atoms with Gasteiger partial charge in [0.05, 0.1) is 20.2 Å². The van der Waals surface area contributed by atoms with Crippen LogP contribution >= 0.6 is 0 Å². The summed E-state index contributed by atoms with van der Waals surface area (Å²) in [6, 6.07) is 12.3. The van der Waals surface area contributed by atoms with E-state index in [1.807, 2.05) is 20.2 Å². The summed E-state index contributed by atoms with van der Waals surface area (Å²) in [4.78, 5) is 0. The van der Waals surface area contributed by atoms with Gasteiger partial charge in [0.15, 0.2) is 0 Å². The minimum Gasteiger partial charge on any atom is -1.00 e. The highest BCUT2D eigenvalue weighted by Gasteiger charge is 2.25. The second-order valence-electron chi connectivity index (χ2n) is 5.06. The van der Waals surface area contributed by atoms with Crippen LogP contribution in [0.1, 0.15) is 18.7 Å². The Hall–Kier alpha value is -1.91. The third-order valence-corrected chi connectivity index (χ3v) is 3.24. The average molecular weight is 455 g/mol. The highest BCUT2D eigenvalue weighted by atomic mass is 79.9. The number of nitrogens with zero attached hydrogens (tertiary/aromatic N) is 5. The fourth-order valence-electron chi connectivity index (χ4n) is 2.35. The van der Waals surface area contributed by atoms with Crippen molar-refractivity contribution in [2.24, 2.45) is 14.1 Å². The van der Waals surface area contributed by atoms with Crippen LogP contribution in [0.3, 0.4) is 0 Å². The number of rotatable bonds is 3. The fourth-order valence-corrected chi connectivity index (χ4v) is 2.35. The number of nitriles is 1. The zero-order valence-corrected chi connectivity index (χ0v) is 17.1. The van der Waals surface area contributed by atoms with E-state index in [0.29, 0.717) is 0 Å².